The first-order valence-corrected chi connectivity index (χ1v) is 7.15. The van der Waals surface area contributed by atoms with Crippen molar-refractivity contribution in [2.24, 2.45) is 5.16 Å². The Balaban J connectivity index is 1.72. The van der Waals surface area contributed by atoms with Crippen LogP contribution < -0.4 is 5.32 Å². The highest BCUT2D eigenvalue weighted by atomic mass is 32.1. The number of hydrogen-bond donors (Lipinski definition) is 1. The molecule has 0 atom stereocenters. The fraction of sp³-hybridized carbons (Fsp3) is 0.200. The summed E-state index contributed by atoms with van der Waals surface area (Å²) in [4.78, 5) is 17.7. The number of nitrogens with zero attached hydrogens (tertiary/aromatic N) is 1. The summed E-state index contributed by atoms with van der Waals surface area (Å²) in [6, 6.07) is 13.6. The van der Waals surface area contributed by atoms with Gasteiger partial charge in [0.2, 0.25) is 0 Å². The van der Waals surface area contributed by atoms with Gasteiger partial charge in [-0.05, 0) is 23.9 Å². The van der Waals surface area contributed by atoms with Crippen LogP contribution in [0.1, 0.15) is 17.4 Å². The van der Waals surface area contributed by atoms with E-state index < -0.39 is 0 Å². The van der Waals surface area contributed by atoms with Gasteiger partial charge in [0.25, 0.3) is 5.91 Å². The van der Waals surface area contributed by atoms with Gasteiger partial charge in [-0.1, -0.05) is 41.6 Å². The van der Waals surface area contributed by atoms with Crippen LogP contribution >= 0.6 is 11.3 Å². The lowest BCUT2D eigenvalue weighted by Crippen LogP contribution is -2.26. The second-order valence-corrected chi connectivity index (χ2v) is 5.14. The summed E-state index contributed by atoms with van der Waals surface area (Å²) >= 11 is 1.59. The predicted octanol–water partition coefficient (Wildman–Crippen LogP) is 2.81. The van der Waals surface area contributed by atoms with Crippen LogP contribution in [-0.2, 0) is 16.2 Å². The van der Waals surface area contributed by atoms with E-state index in [-0.39, 0.29) is 12.5 Å². The van der Waals surface area contributed by atoms with Gasteiger partial charge in [0.15, 0.2) is 6.61 Å². The van der Waals surface area contributed by atoms with Gasteiger partial charge in [-0.15, -0.1) is 11.3 Å². The molecule has 5 heteroatoms. The van der Waals surface area contributed by atoms with E-state index in [9.17, 15) is 4.79 Å². The Morgan fingerprint density at radius 2 is 2.05 bits per heavy atom. The quantitative estimate of drug-likeness (QED) is 0.656. The van der Waals surface area contributed by atoms with E-state index in [1.807, 2.05) is 54.8 Å². The highest BCUT2D eigenvalue weighted by Gasteiger charge is 2.02. The molecule has 20 heavy (non-hydrogen) atoms. The molecule has 1 N–H and O–H groups in total. The van der Waals surface area contributed by atoms with Crippen molar-refractivity contribution in [3.05, 3.63) is 58.3 Å². The summed E-state index contributed by atoms with van der Waals surface area (Å²) in [6.45, 7) is 2.28. The van der Waals surface area contributed by atoms with E-state index >= 15 is 0 Å². The van der Waals surface area contributed by atoms with Crippen molar-refractivity contribution >= 4 is 23.0 Å². The van der Waals surface area contributed by atoms with Crippen molar-refractivity contribution in [2.75, 3.05) is 6.61 Å². The summed E-state index contributed by atoms with van der Waals surface area (Å²) in [5.74, 6) is -0.184. The van der Waals surface area contributed by atoms with E-state index in [1.54, 1.807) is 11.3 Å². The summed E-state index contributed by atoms with van der Waals surface area (Å²) in [7, 11) is 0. The minimum absolute atomic E-state index is 0.0739. The number of carbonyl (C=O) groups is 1. The molecule has 2 aromatic rings. The number of carbonyl (C=O) groups excluding carboxylic acids is 1. The summed E-state index contributed by atoms with van der Waals surface area (Å²) in [5.41, 5.74) is 1.83. The van der Waals surface area contributed by atoms with Crippen LogP contribution in [-0.4, -0.2) is 18.2 Å². The van der Waals surface area contributed by atoms with Crippen molar-refractivity contribution in [1.82, 2.24) is 5.32 Å². The van der Waals surface area contributed by atoms with Gasteiger partial charge < -0.3 is 10.2 Å². The minimum Gasteiger partial charge on any atom is -0.385 e. The Morgan fingerprint density at radius 3 is 2.75 bits per heavy atom. The number of benzene rings is 1. The lowest BCUT2D eigenvalue weighted by molar-refractivity contribution is -0.125. The summed E-state index contributed by atoms with van der Waals surface area (Å²) in [6.07, 6.45) is 0. The average molecular weight is 288 g/mol. The number of nitrogens with one attached hydrogen (secondary N) is 1. The molecule has 0 spiro atoms. The molecular weight excluding hydrogens is 272 g/mol. The lowest BCUT2D eigenvalue weighted by atomic mass is 10.2. The molecule has 1 amide bonds. The molecule has 1 heterocycles. The molecule has 0 saturated carbocycles. The molecule has 0 aliphatic carbocycles. The zero-order valence-corrected chi connectivity index (χ0v) is 12.0. The molecule has 0 saturated heterocycles. The molecule has 2 rings (SSSR count). The number of rotatable bonds is 6. The zero-order valence-electron chi connectivity index (χ0n) is 11.2. The van der Waals surface area contributed by atoms with E-state index in [4.69, 9.17) is 4.84 Å². The first-order valence-electron chi connectivity index (χ1n) is 6.27. The van der Waals surface area contributed by atoms with Gasteiger partial charge in [0.1, 0.15) is 0 Å². The Labute approximate surface area is 122 Å². The van der Waals surface area contributed by atoms with Gasteiger partial charge in [0.05, 0.1) is 10.6 Å². The van der Waals surface area contributed by atoms with Gasteiger partial charge >= 0.3 is 0 Å². The Morgan fingerprint density at radius 1 is 1.25 bits per heavy atom. The second-order valence-electron chi connectivity index (χ2n) is 4.19. The van der Waals surface area contributed by atoms with E-state index in [0.29, 0.717) is 6.54 Å². The van der Waals surface area contributed by atoms with Crippen LogP contribution in [0.3, 0.4) is 0 Å². The average Bonchev–Trinajstić information content (AvgIpc) is 3.00. The predicted molar refractivity (Wildman–Crippen MR) is 80.8 cm³/mol. The zero-order chi connectivity index (χ0) is 14.2. The normalized spacial score (nSPS) is 11.2. The SMILES string of the molecule is CC(=NOCC(=O)NCc1ccccc1)c1cccs1. The molecule has 1 aromatic heterocycles. The van der Waals surface area contributed by atoms with Gasteiger partial charge in [-0.25, -0.2) is 0 Å². The van der Waals surface area contributed by atoms with Crippen molar-refractivity contribution < 1.29 is 9.63 Å². The number of amides is 1. The number of hydrogen-bond acceptors (Lipinski definition) is 4. The highest BCUT2D eigenvalue weighted by Crippen LogP contribution is 2.09. The molecule has 104 valence electrons. The maximum Gasteiger partial charge on any atom is 0.261 e. The molecular formula is C15H16N2O2S. The third-order valence-electron chi connectivity index (χ3n) is 2.61. The van der Waals surface area contributed by atoms with Crippen LogP contribution in [0.4, 0.5) is 0 Å². The maximum atomic E-state index is 11.6. The van der Waals surface area contributed by atoms with E-state index in [1.165, 1.54) is 0 Å². The van der Waals surface area contributed by atoms with E-state index in [0.717, 1.165) is 16.2 Å². The molecule has 0 aliphatic heterocycles. The number of thiophene rings is 1. The fourth-order valence-corrected chi connectivity index (χ4v) is 2.23. The first kappa shape index (κ1) is 14.3. The highest BCUT2D eigenvalue weighted by molar-refractivity contribution is 7.12. The number of oxime groups is 1. The van der Waals surface area contributed by atoms with Crippen molar-refractivity contribution in [1.29, 1.82) is 0 Å². The molecule has 4 nitrogen and oxygen atoms in total. The van der Waals surface area contributed by atoms with Crippen LogP contribution in [0.25, 0.3) is 0 Å². The second kappa shape index (κ2) is 7.45. The molecule has 0 bridgehead atoms. The Hall–Kier alpha value is -2.14. The van der Waals surface area contributed by atoms with Crippen LogP contribution in [0.5, 0.6) is 0 Å². The Bertz CT molecular complexity index is 565. The first-order chi connectivity index (χ1) is 9.75. The lowest BCUT2D eigenvalue weighted by Gasteiger charge is -2.04. The molecule has 1 aromatic carbocycles. The van der Waals surface area contributed by atoms with Gasteiger partial charge in [-0.2, -0.15) is 0 Å². The fourth-order valence-electron chi connectivity index (χ4n) is 1.56. The third kappa shape index (κ3) is 4.51. The Kier molecular flexibility index (Phi) is 5.32. The smallest absolute Gasteiger partial charge is 0.261 e. The summed E-state index contributed by atoms with van der Waals surface area (Å²) < 4.78 is 0. The van der Waals surface area contributed by atoms with Gasteiger partial charge in [0, 0.05) is 6.54 Å². The monoisotopic (exact) mass is 288 g/mol. The molecule has 0 unspecified atom stereocenters. The largest absolute Gasteiger partial charge is 0.385 e. The molecule has 0 fully saturated rings. The van der Waals surface area contributed by atoms with Gasteiger partial charge in [-0.3, -0.25) is 4.79 Å². The third-order valence-corrected chi connectivity index (χ3v) is 3.59. The molecule has 0 aliphatic rings. The topological polar surface area (TPSA) is 50.7 Å². The summed E-state index contributed by atoms with van der Waals surface area (Å²) in [5, 5.41) is 8.68. The van der Waals surface area contributed by atoms with Crippen molar-refractivity contribution in [3.8, 4) is 0 Å². The van der Waals surface area contributed by atoms with Crippen LogP contribution in [0.15, 0.2) is 53.0 Å². The molecule has 0 radical (unpaired) electrons. The minimum atomic E-state index is -0.184. The standard InChI is InChI=1S/C15H16N2O2S/c1-12(14-8-5-9-20-14)17-19-11-15(18)16-10-13-6-3-2-4-7-13/h2-9H,10-11H2,1H3,(H,16,18). The van der Waals surface area contributed by atoms with Crippen molar-refractivity contribution in [2.45, 2.75) is 13.5 Å². The van der Waals surface area contributed by atoms with Crippen LogP contribution in [0.2, 0.25) is 0 Å². The van der Waals surface area contributed by atoms with Crippen molar-refractivity contribution in [3.63, 3.8) is 0 Å². The van der Waals surface area contributed by atoms with E-state index in [2.05, 4.69) is 10.5 Å². The van der Waals surface area contributed by atoms with Crippen LogP contribution in [0, 0.1) is 0 Å². The maximum absolute atomic E-state index is 11.6.